The fraction of sp³-hybridized carbons (Fsp3) is 0.389. The van der Waals surface area contributed by atoms with Crippen LogP contribution in [0.2, 0.25) is 0 Å². The zero-order valence-electron chi connectivity index (χ0n) is 14.0. The monoisotopic (exact) mass is 360 g/mol. The van der Waals surface area contributed by atoms with E-state index in [4.69, 9.17) is 9.47 Å². The van der Waals surface area contributed by atoms with Crippen LogP contribution >= 0.6 is 11.3 Å². The molecular weight excluding hydrogens is 340 g/mol. The number of carbonyl (C=O) groups excluding carboxylic acids is 2. The van der Waals surface area contributed by atoms with Crippen molar-refractivity contribution in [1.82, 2.24) is 4.98 Å². The molecule has 0 saturated heterocycles. The summed E-state index contributed by atoms with van der Waals surface area (Å²) in [7, 11) is 0. The van der Waals surface area contributed by atoms with Crippen molar-refractivity contribution in [1.29, 1.82) is 0 Å². The van der Waals surface area contributed by atoms with Crippen LogP contribution in [0, 0.1) is 0 Å². The van der Waals surface area contributed by atoms with E-state index in [0.29, 0.717) is 22.9 Å². The number of rotatable bonds is 6. The molecule has 1 aliphatic rings. The number of esters is 1. The second kappa shape index (κ2) is 8.11. The maximum atomic E-state index is 12.4. The first-order valence-corrected chi connectivity index (χ1v) is 9.15. The first kappa shape index (κ1) is 17.4. The maximum Gasteiger partial charge on any atom is 0.341 e. The maximum absolute atomic E-state index is 12.4. The highest BCUT2D eigenvalue weighted by molar-refractivity contribution is 7.17. The molecule has 7 heteroatoms. The smallest absolute Gasteiger partial charge is 0.341 e. The lowest BCUT2D eigenvalue weighted by molar-refractivity contribution is -0.118. The minimum Gasteiger partial charge on any atom is -0.482 e. The lowest BCUT2D eigenvalue weighted by atomic mass is 9.95. The van der Waals surface area contributed by atoms with Gasteiger partial charge in [0.1, 0.15) is 10.8 Å². The van der Waals surface area contributed by atoms with E-state index in [1.165, 1.54) is 11.3 Å². The molecule has 1 aliphatic carbocycles. The second-order valence-corrected chi connectivity index (χ2v) is 6.77. The largest absolute Gasteiger partial charge is 0.482 e. The first-order valence-electron chi connectivity index (χ1n) is 8.33. The van der Waals surface area contributed by atoms with E-state index in [1.807, 2.05) is 0 Å². The second-order valence-electron chi connectivity index (χ2n) is 5.66. The molecule has 0 aliphatic heterocycles. The van der Waals surface area contributed by atoms with Gasteiger partial charge in [-0.05, 0) is 50.3 Å². The number of thiophene rings is 1. The van der Waals surface area contributed by atoms with Gasteiger partial charge in [0.25, 0.3) is 5.91 Å². The molecule has 0 saturated carbocycles. The number of amides is 1. The molecule has 1 amide bonds. The Hall–Kier alpha value is -2.41. The van der Waals surface area contributed by atoms with Crippen molar-refractivity contribution in [2.75, 3.05) is 18.5 Å². The summed E-state index contributed by atoms with van der Waals surface area (Å²) >= 11 is 1.47. The highest BCUT2D eigenvalue weighted by atomic mass is 32.1. The van der Waals surface area contributed by atoms with E-state index in [9.17, 15) is 9.59 Å². The molecule has 25 heavy (non-hydrogen) atoms. The topological polar surface area (TPSA) is 77.5 Å². The first-order chi connectivity index (χ1) is 12.2. The number of carbonyl (C=O) groups is 2. The van der Waals surface area contributed by atoms with Gasteiger partial charge in [-0.2, -0.15) is 0 Å². The minimum atomic E-state index is -0.370. The van der Waals surface area contributed by atoms with Crippen molar-refractivity contribution in [3.63, 3.8) is 0 Å². The van der Waals surface area contributed by atoms with Crippen LogP contribution in [0.4, 0.5) is 5.00 Å². The van der Waals surface area contributed by atoms with Crippen LogP contribution in [0.15, 0.2) is 24.5 Å². The standard InChI is InChI=1S/C18H20N2O4S/c1-2-23-18(22)16-13-7-3-4-8-14(13)25-17(16)20-15(21)11-24-12-6-5-9-19-10-12/h5-6,9-10H,2-4,7-8,11H2,1H3,(H,20,21). The highest BCUT2D eigenvalue weighted by Gasteiger charge is 2.27. The molecule has 2 heterocycles. The summed E-state index contributed by atoms with van der Waals surface area (Å²) in [6.07, 6.45) is 7.12. The lowest BCUT2D eigenvalue weighted by Crippen LogP contribution is -2.21. The van der Waals surface area contributed by atoms with Crippen LogP contribution in [0.3, 0.4) is 0 Å². The van der Waals surface area contributed by atoms with Crippen molar-refractivity contribution in [2.45, 2.75) is 32.6 Å². The molecule has 2 aromatic rings. The molecule has 0 fully saturated rings. The van der Waals surface area contributed by atoms with Crippen molar-refractivity contribution in [2.24, 2.45) is 0 Å². The van der Waals surface area contributed by atoms with Crippen LogP contribution in [0.25, 0.3) is 0 Å². The molecule has 0 atom stereocenters. The van der Waals surface area contributed by atoms with E-state index in [0.717, 1.165) is 36.1 Å². The third-order valence-corrected chi connectivity index (χ3v) is 5.12. The van der Waals surface area contributed by atoms with Crippen LogP contribution < -0.4 is 10.1 Å². The Morgan fingerprint density at radius 3 is 2.92 bits per heavy atom. The molecule has 132 valence electrons. The number of hydrogen-bond donors (Lipinski definition) is 1. The number of nitrogens with one attached hydrogen (secondary N) is 1. The number of aromatic nitrogens is 1. The number of fused-ring (bicyclic) bond motifs is 1. The number of pyridine rings is 1. The predicted molar refractivity (Wildman–Crippen MR) is 95.3 cm³/mol. The van der Waals surface area contributed by atoms with Gasteiger partial charge in [0, 0.05) is 11.1 Å². The van der Waals surface area contributed by atoms with E-state index in [-0.39, 0.29) is 18.5 Å². The summed E-state index contributed by atoms with van der Waals surface area (Å²) in [5.74, 6) is -0.160. The summed E-state index contributed by atoms with van der Waals surface area (Å²) < 4.78 is 10.6. The molecule has 2 aromatic heterocycles. The average molecular weight is 360 g/mol. The quantitative estimate of drug-likeness (QED) is 0.801. The van der Waals surface area contributed by atoms with Gasteiger partial charge in [0.05, 0.1) is 18.4 Å². The Morgan fingerprint density at radius 1 is 1.32 bits per heavy atom. The van der Waals surface area contributed by atoms with Gasteiger partial charge in [-0.3, -0.25) is 9.78 Å². The zero-order chi connectivity index (χ0) is 17.6. The van der Waals surface area contributed by atoms with Crippen molar-refractivity contribution >= 4 is 28.2 Å². The molecule has 0 radical (unpaired) electrons. The van der Waals surface area contributed by atoms with Gasteiger partial charge < -0.3 is 14.8 Å². The van der Waals surface area contributed by atoms with Crippen LogP contribution in [0.1, 0.15) is 40.6 Å². The summed E-state index contributed by atoms with van der Waals surface area (Å²) in [6.45, 7) is 1.94. The van der Waals surface area contributed by atoms with Gasteiger partial charge in [0.2, 0.25) is 0 Å². The van der Waals surface area contributed by atoms with Crippen LogP contribution in [-0.4, -0.2) is 30.1 Å². The van der Waals surface area contributed by atoms with E-state index >= 15 is 0 Å². The molecular formula is C18H20N2O4S. The van der Waals surface area contributed by atoms with E-state index < -0.39 is 0 Å². The fourth-order valence-electron chi connectivity index (χ4n) is 2.82. The lowest BCUT2D eigenvalue weighted by Gasteiger charge is -2.12. The van der Waals surface area contributed by atoms with Gasteiger partial charge in [-0.15, -0.1) is 11.3 Å². The normalized spacial score (nSPS) is 13.0. The van der Waals surface area contributed by atoms with E-state index in [1.54, 1.807) is 31.5 Å². The number of nitrogens with zero attached hydrogens (tertiary/aromatic N) is 1. The average Bonchev–Trinajstić information content (AvgIpc) is 2.99. The third kappa shape index (κ3) is 4.17. The minimum absolute atomic E-state index is 0.142. The van der Waals surface area contributed by atoms with Gasteiger partial charge in [-0.25, -0.2) is 4.79 Å². The van der Waals surface area contributed by atoms with Crippen molar-refractivity contribution < 1.29 is 19.1 Å². The SMILES string of the molecule is CCOC(=O)c1c(NC(=O)COc2cccnc2)sc2c1CCCC2. The molecule has 1 N–H and O–H groups in total. The Kier molecular flexibility index (Phi) is 5.65. The fourth-order valence-corrected chi connectivity index (χ4v) is 4.11. The number of ether oxygens (including phenoxy) is 2. The Labute approximate surface area is 150 Å². The van der Waals surface area contributed by atoms with Gasteiger partial charge in [0.15, 0.2) is 6.61 Å². The highest BCUT2D eigenvalue weighted by Crippen LogP contribution is 2.38. The number of aryl methyl sites for hydroxylation is 1. The van der Waals surface area contributed by atoms with Gasteiger partial charge >= 0.3 is 5.97 Å². The van der Waals surface area contributed by atoms with Crippen molar-refractivity contribution in [3.05, 3.63) is 40.5 Å². The zero-order valence-corrected chi connectivity index (χ0v) is 14.9. The Bertz CT molecular complexity index is 758. The molecule has 0 spiro atoms. The van der Waals surface area contributed by atoms with Gasteiger partial charge in [-0.1, -0.05) is 0 Å². The van der Waals surface area contributed by atoms with Crippen LogP contribution in [-0.2, 0) is 22.4 Å². The summed E-state index contributed by atoms with van der Waals surface area (Å²) in [4.78, 5) is 29.7. The molecule has 6 nitrogen and oxygen atoms in total. The number of hydrogen-bond acceptors (Lipinski definition) is 6. The molecule has 3 rings (SSSR count). The summed E-state index contributed by atoms with van der Waals surface area (Å²) in [5, 5.41) is 3.37. The van der Waals surface area contributed by atoms with Crippen molar-refractivity contribution in [3.8, 4) is 5.75 Å². The number of anilines is 1. The third-order valence-electron chi connectivity index (χ3n) is 3.91. The Morgan fingerprint density at radius 2 is 2.16 bits per heavy atom. The Balaban J connectivity index is 1.73. The molecule has 0 unspecified atom stereocenters. The molecule has 0 bridgehead atoms. The van der Waals surface area contributed by atoms with E-state index in [2.05, 4.69) is 10.3 Å². The summed E-state index contributed by atoms with van der Waals surface area (Å²) in [5.41, 5.74) is 1.54. The van der Waals surface area contributed by atoms with Crippen LogP contribution in [0.5, 0.6) is 5.75 Å². The summed E-state index contributed by atoms with van der Waals surface area (Å²) in [6, 6.07) is 3.47. The molecule has 0 aromatic carbocycles. The predicted octanol–water partition coefficient (Wildman–Crippen LogP) is 3.22.